The number of anilines is 1. The first-order valence-corrected chi connectivity index (χ1v) is 10.6. The molecule has 0 atom stereocenters. The molecule has 1 aliphatic rings. The van der Waals surface area contributed by atoms with Gasteiger partial charge in [0.2, 0.25) is 5.78 Å². The summed E-state index contributed by atoms with van der Waals surface area (Å²) in [5, 5.41) is 0. The smallest absolute Gasteiger partial charge is 0.323 e. The van der Waals surface area contributed by atoms with Crippen molar-refractivity contribution in [1.29, 1.82) is 0 Å². The average Bonchev–Trinajstić information content (AvgIpc) is 3.13. The van der Waals surface area contributed by atoms with E-state index in [0.29, 0.717) is 29.2 Å². The van der Waals surface area contributed by atoms with E-state index >= 15 is 0 Å². The number of aromatic nitrogens is 2. The Kier molecular flexibility index (Phi) is 6.06. The van der Waals surface area contributed by atoms with Crippen molar-refractivity contribution in [1.82, 2.24) is 14.9 Å². The standard InChI is InChI=1S/C22H23BrN4O3/c1-30-18-7-5-15(6-8-18)21(28)20-19(24-22(29)25-20)14-26-9-11-27(12-10-26)17-4-2-3-16(23)13-17/h2-8,13H,9-12,14H2,1H3,(H2,24,25,29). The van der Waals surface area contributed by atoms with E-state index in [1.165, 1.54) is 5.69 Å². The number of ketones is 1. The lowest BCUT2D eigenvalue weighted by Crippen LogP contribution is -2.46. The van der Waals surface area contributed by atoms with Gasteiger partial charge in [0.15, 0.2) is 0 Å². The molecular formula is C22H23BrN4O3. The van der Waals surface area contributed by atoms with E-state index in [0.717, 1.165) is 30.7 Å². The van der Waals surface area contributed by atoms with Crippen molar-refractivity contribution in [2.24, 2.45) is 0 Å². The Morgan fingerprint density at radius 1 is 1.07 bits per heavy atom. The first kappa shape index (κ1) is 20.4. The van der Waals surface area contributed by atoms with Crippen LogP contribution in [0.15, 0.2) is 57.8 Å². The summed E-state index contributed by atoms with van der Waals surface area (Å²) < 4.78 is 6.21. The van der Waals surface area contributed by atoms with Crippen LogP contribution >= 0.6 is 15.9 Å². The summed E-state index contributed by atoms with van der Waals surface area (Å²) in [6, 6.07) is 15.1. The van der Waals surface area contributed by atoms with Gasteiger partial charge in [0.25, 0.3) is 0 Å². The SMILES string of the molecule is COc1ccc(C(=O)c2[nH]c(=O)[nH]c2CN2CCN(c3cccc(Br)c3)CC2)cc1. The van der Waals surface area contributed by atoms with Gasteiger partial charge < -0.3 is 19.6 Å². The molecule has 0 saturated carbocycles. The Morgan fingerprint density at radius 2 is 1.80 bits per heavy atom. The summed E-state index contributed by atoms with van der Waals surface area (Å²) in [5.74, 6) is 0.469. The minimum Gasteiger partial charge on any atom is -0.497 e. The summed E-state index contributed by atoms with van der Waals surface area (Å²) in [5.41, 5.74) is 2.27. The monoisotopic (exact) mass is 470 g/mol. The number of piperazine rings is 1. The van der Waals surface area contributed by atoms with Gasteiger partial charge in [-0.2, -0.15) is 0 Å². The molecule has 0 unspecified atom stereocenters. The molecular weight excluding hydrogens is 448 g/mol. The van der Waals surface area contributed by atoms with Crippen LogP contribution in [0.4, 0.5) is 5.69 Å². The summed E-state index contributed by atoms with van der Waals surface area (Å²) in [4.78, 5) is 34.9. The van der Waals surface area contributed by atoms with Gasteiger partial charge in [0, 0.05) is 48.4 Å². The molecule has 1 aliphatic heterocycles. The molecule has 1 fully saturated rings. The average molecular weight is 471 g/mol. The highest BCUT2D eigenvalue weighted by atomic mass is 79.9. The predicted octanol–water partition coefficient (Wildman–Crippen LogP) is 3.03. The van der Waals surface area contributed by atoms with E-state index < -0.39 is 0 Å². The number of nitrogens with zero attached hydrogens (tertiary/aromatic N) is 2. The Hall–Kier alpha value is -2.84. The zero-order valence-corrected chi connectivity index (χ0v) is 18.2. The van der Waals surface area contributed by atoms with Gasteiger partial charge in [-0.3, -0.25) is 9.69 Å². The molecule has 2 N–H and O–H groups in total. The number of halogens is 1. The largest absolute Gasteiger partial charge is 0.497 e. The lowest BCUT2D eigenvalue weighted by Gasteiger charge is -2.36. The van der Waals surface area contributed by atoms with Gasteiger partial charge in [-0.05, 0) is 42.5 Å². The van der Waals surface area contributed by atoms with Crippen LogP contribution in [0, 0.1) is 0 Å². The number of ether oxygens (including phenoxy) is 1. The molecule has 0 radical (unpaired) electrons. The molecule has 0 aliphatic carbocycles. The van der Waals surface area contributed by atoms with Crippen molar-refractivity contribution in [2.45, 2.75) is 6.54 Å². The van der Waals surface area contributed by atoms with Crippen LogP contribution in [0.2, 0.25) is 0 Å². The van der Waals surface area contributed by atoms with E-state index in [1.54, 1.807) is 31.4 Å². The highest BCUT2D eigenvalue weighted by Gasteiger charge is 2.22. The van der Waals surface area contributed by atoms with Crippen molar-refractivity contribution in [2.75, 3.05) is 38.2 Å². The molecule has 4 rings (SSSR count). The molecule has 1 saturated heterocycles. The van der Waals surface area contributed by atoms with Crippen LogP contribution in [0.5, 0.6) is 5.75 Å². The van der Waals surface area contributed by atoms with Gasteiger partial charge in [-0.25, -0.2) is 4.79 Å². The number of carbonyl (C=O) groups is 1. The molecule has 0 bridgehead atoms. The quantitative estimate of drug-likeness (QED) is 0.541. The fourth-order valence-corrected chi connectivity index (χ4v) is 4.07. The Morgan fingerprint density at radius 3 is 2.47 bits per heavy atom. The van der Waals surface area contributed by atoms with Gasteiger partial charge in [0.05, 0.1) is 12.8 Å². The summed E-state index contributed by atoms with van der Waals surface area (Å²) in [6.07, 6.45) is 0. The third-order valence-corrected chi connectivity index (χ3v) is 5.80. The third kappa shape index (κ3) is 4.49. The summed E-state index contributed by atoms with van der Waals surface area (Å²) >= 11 is 3.52. The highest BCUT2D eigenvalue weighted by molar-refractivity contribution is 9.10. The number of hydrogen-bond donors (Lipinski definition) is 2. The topological polar surface area (TPSA) is 81.4 Å². The molecule has 7 nitrogen and oxygen atoms in total. The van der Waals surface area contributed by atoms with Crippen molar-refractivity contribution in [3.8, 4) is 5.75 Å². The number of imidazole rings is 1. The van der Waals surface area contributed by atoms with E-state index in [9.17, 15) is 9.59 Å². The van der Waals surface area contributed by atoms with Crippen LogP contribution in [-0.4, -0.2) is 53.9 Å². The molecule has 30 heavy (non-hydrogen) atoms. The zero-order chi connectivity index (χ0) is 21.1. The van der Waals surface area contributed by atoms with Gasteiger partial charge in [-0.15, -0.1) is 0 Å². The molecule has 3 aromatic rings. The van der Waals surface area contributed by atoms with Crippen molar-refractivity contribution < 1.29 is 9.53 Å². The molecule has 0 amide bonds. The summed E-state index contributed by atoms with van der Waals surface area (Å²) in [7, 11) is 1.58. The predicted molar refractivity (Wildman–Crippen MR) is 119 cm³/mol. The van der Waals surface area contributed by atoms with Crippen LogP contribution < -0.4 is 15.3 Å². The molecule has 8 heteroatoms. The van der Waals surface area contributed by atoms with Crippen LogP contribution in [-0.2, 0) is 6.54 Å². The number of methoxy groups -OCH3 is 1. The highest BCUT2D eigenvalue weighted by Crippen LogP contribution is 2.22. The maximum atomic E-state index is 12.9. The van der Waals surface area contributed by atoms with Crippen molar-refractivity contribution in [3.63, 3.8) is 0 Å². The normalized spacial score (nSPS) is 14.7. The maximum Gasteiger partial charge on any atom is 0.323 e. The fraction of sp³-hybridized carbons (Fsp3) is 0.273. The van der Waals surface area contributed by atoms with Crippen LogP contribution in [0.25, 0.3) is 0 Å². The molecule has 1 aromatic heterocycles. The Bertz CT molecular complexity index is 1080. The van der Waals surface area contributed by atoms with Gasteiger partial charge in [0.1, 0.15) is 11.4 Å². The second-order valence-corrected chi connectivity index (χ2v) is 8.15. The minimum atomic E-state index is -0.366. The molecule has 2 heterocycles. The fourth-order valence-electron chi connectivity index (χ4n) is 3.68. The number of H-pyrrole nitrogens is 2. The third-order valence-electron chi connectivity index (χ3n) is 5.31. The van der Waals surface area contributed by atoms with Crippen LogP contribution in [0.1, 0.15) is 21.7 Å². The minimum absolute atomic E-state index is 0.209. The molecule has 156 valence electrons. The van der Waals surface area contributed by atoms with E-state index in [1.807, 2.05) is 12.1 Å². The number of hydrogen-bond acceptors (Lipinski definition) is 5. The number of carbonyl (C=O) groups excluding carboxylic acids is 1. The molecule has 0 spiro atoms. The van der Waals surface area contributed by atoms with E-state index in [2.05, 4.69) is 47.8 Å². The van der Waals surface area contributed by atoms with E-state index in [4.69, 9.17) is 4.74 Å². The first-order chi connectivity index (χ1) is 14.5. The Labute approximate surface area is 182 Å². The van der Waals surface area contributed by atoms with Crippen molar-refractivity contribution >= 4 is 27.4 Å². The molecule has 2 aromatic carbocycles. The Balaban J connectivity index is 1.44. The van der Waals surface area contributed by atoms with Crippen LogP contribution in [0.3, 0.4) is 0 Å². The van der Waals surface area contributed by atoms with Crippen molar-refractivity contribution in [3.05, 3.63) is 80.4 Å². The van der Waals surface area contributed by atoms with Gasteiger partial charge in [-0.1, -0.05) is 22.0 Å². The number of nitrogens with one attached hydrogen (secondary N) is 2. The number of benzene rings is 2. The second-order valence-electron chi connectivity index (χ2n) is 7.23. The number of rotatable bonds is 6. The van der Waals surface area contributed by atoms with E-state index in [-0.39, 0.29) is 11.5 Å². The first-order valence-electron chi connectivity index (χ1n) is 9.76. The summed E-state index contributed by atoms with van der Waals surface area (Å²) in [6.45, 7) is 3.97. The maximum absolute atomic E-state index is 12.9. The lowest BCUT2D eigenvalue weighted by atomic mass is 10.1. The van der Waals surface area contributed by atoms with Gasteiger partial charge >= 0.3 is 5.69 Å². The zero-order valence-electron chi connectivity index (χ0n) is 16.7. The number of aromatic amines is 2. The second kappa shape index (κ2) is 8.89. The lowest BCUT2D eigenvalue weighted by molar-refractivity contribution is 0.103.